The fraction of sp³-hybridized carbons (Fsp3) is 0.588. The number of rotatable bonds is 9. The average Bonchev–Trinajstić information content (AvgIpc) is 2.48. The van der Waals surface area contributed by atoms with Crippen molar-refractivity contribution >= 4 is 34.7 Å². The predicted octanol–water partition coefficient (Wildman–Crippen LogP) is 4.70. The molecule has 2 N–H and O–H groups in total. The average molecular weight is 325 g/mol. The third-order valence-electron chi connectivity index (χ3n) is 3.91. The highest BCUT2D eigenvalue weighted by Crippen LogP contribution is 2.31. The van der Waals surface area contributed by atoms with E-state index in [1.54, 1.807) is 0 Å². The lowest BCUT2D eigenvalue weighted by atomic mass is 10.0. The smallest absolute Gasteiger partial charge is 0.107 e. The van der Waals surface area contributed by atoms with Gasteiger partial charge in [-0.25, -0.2) is 0 Å². The van der Waals surface area contributed by atoms with Crippen molar-refractivity contribution in [2.75, 3.05) is 23.7 Å². The van der Waals surface area contributed by atoms with Crippen LogP contribution in [-0.2, 0) is 0 Å². The Kier molecular flexibility index (Phi) is 8.12. The lowest BCUT2D eigenvalue weighted by molar-refractivity contribution is 0.486. The third kappa shape index (κ3) is 4.89. The van der Waals surface area contributed by atoms with E-state index in [-0.39, 0.29) is 0 Å². The minimum atomic E-state index is 0.504. The highest BCUT2D eigenvalue weighted by atomic mass is 32.2. The summed E-state index contributed by atoms with van der Waals surface area (Å²) < 4.78 is 0. The third-order valence-corrected chi connectivity index (χ3v) is 5.05. The minimum Gasteiger partial charge on any atom is -0.389 e. The van der Waals surface area contributed by atoms with Crippen LogP contribution in [0.25, 0.3) is 0 Å². The van der Waals surface area contributed by atoms with Crippen LogP contribution in [0.4, 0.5) is 5.69 Å². The highest BCUT2D eigenvalue weighted by Gasteiger charge is 2.17. The number of nitrogens with zero attached hydrogens (tertiary/aromatic N) is 1. The van der Waals surface area contributed by atoms with E-state index < -0.39 is 0 Å². The first-order valence-electron chi connectivity index (χ1n) is 7.89. The first-order valence-corrected chi connectivity index (χ1v) is 9.28. The van der Waals surface area contributed by atoms with Gasteiger partial charge in [0, 0.05) is 29.2 Å². The van der Waals surface area contributed by atoms with Gasteiger partial charge in [-0.3, -0.25) is 0 Å². The summed E-state index contributed by atoms with van der Waals surface area (Å²) in [5.74, 6) is 1.74. The van der Waals surface area contributed by atoms with Crippen LogP contribution >= 0.6 is 24.0 Å². The molecule has 0 aliphatic carbocycles. The molecule has 1 rings (SSSR count). The Hall–Kier alpha value is -0.740. The summed E-state index contributed by atoms with van der Waals surface area (Å²) in [4.78, 5) is 4.13. The molecule has 118 valence electrons. The Bertz CT molecular complexity index is 456. The maximum atomic E-state index is 6.03. The lowest BCUT2D eigenvalue weighted by Crippen LogP contribution is -2.31. The second-order valence-electron chi connectivity index (χ2n) is 5.17. The quantitative estimate of drug-likeness (QED) is 0.527. The number of thioether (sulfide) groups is 1. The molecule has 0 saturated heterocycles. The van der Waals surface area contributed by atoms with Gasteiger partial charge in [-0.15, -0.1) is 11.8 Å². The molecule has 0 atom stereocenters. The van der Waals surface area contributed by atoms with Gasteiger partial charge in [0.2, 0.25) is 0 Å². The first kappa shape index (κ1) is 18.3. The summed E-state index contributed by atoms with van der Waals surface area (Å²) in [5, 5.41) is 0. The second-order valence-corrected chi connectivity index (χ2v) is 6.91. The Morgan fingerprint density at radius 1 is 1.24 bits per heavy atom. The van der Waals surface area contributed by atoms with E-state index in [1.165, 1.54) is 23.4 Å². The van der Waals surface area contributed by atoms with Crippen molar-refractivity contribution in [2.45, 2.75) is 45.4 Å². The molecule has 0 heterocycles. The molecule has 0 saturated carbocycles. The first-order chi connectivity index (χ1) is 10.1. The van der Waals surface area contributed by atoms with Gasteiger partial charge in [-0.2, -0.15) is 0 Å². The van der Waals surface area contributed by atoms with E-state index in [0.29, 0.717) is 10.9 Å². The van der Waals surface area contributed by atoms with E-state index >= 15 is 0 Å². The van der Waals surface area contributed by atoms with Crippen LogP contribution in [0.2, 0.25) is 0 Å². The number of hydrogen-bond acceptors (Lipinski definition) is 3. The number of benzene rings is 1. The van der Waals surface area contributed by atoms with Gasteiger partial charge in [-0.1, -0.05) is 51.9 Å². The van der Waals surface area contributed by atoms with Crippen LogP contribution in [0.15, 0.2) is 23.1 Å². The Balaban J connectivity index is 3.19. The van der Waals surface area contributed by atoms with E-state index in [2.05, 4.69) is 50.8 Å². The van der Waals surface area contributed by atoms with Crippen LogP contribution < -0.4 is 10.6 Å². The molecule has 0 unspecified atom stereocenters. The summed E-state index contributed by atoms with van der Waals surface area (Å²) in [6, 6.07) is 6.39. The topological polar surface area (TPSA) is 29.3 Å². The highest BCUT2D eigenvalue weighted by molar-refractivity contribution is 7.99. The second kappa shape index (κ2) is 9.31. The van der Waals surface area contributed by atoms with E-state index in [9.17, 15) is 0 Å². The molecule has 0 bridgehead atoms. The zero-order valence-electron chi connectivity index (χ0n) is 13.7. The molecule has 0 radical (unpaired) electrons. The molecule has 0 aromatic heterocycles. The van der Waals surface area contributed by atoms with Gasteiger partial charge in [0.15, 0.2) is 0 Å². The summed E-state index contributed by atoms with van der Waals surface area (Å²) in [6.07, 6.45) is 2.41. The maximum absolute atomic E-state index is 6.03. The van der Waals surface area contributed by atoms with Crippen molar-refractivity contribution < 1.29 is 0 Å². The molecule has 0 spiro atoms. The zero-order valence-corrected chi connectivity index (χ0v) is 15.3. The summed E-state index contributed by atoms with van der Waals surface area (Å²) in [5.41, 5.74) is 8.26. The Labute approximate surface area is 139 Å². The molecule has 1 aromatic rings. The molecular formula is C17H28N2S2. The molecular weight excluding hydrogens is 296 g/mol. The van der Waals surface area contributed by atoms with Crippen LogP contribution in [0, 0.1) is 5.92 Å². The molecule has 0 aliphatic rings. The van der Waals surface area contributed by atoms with E-state index in [0.717, 1.165) is 24.4 Å². The summed E-state index contributed by atoms with van der Waals surface area (Å²) in [6.45, 7) is 10.9. The van der Waals surface area contributed by atoms with Gasteiger partial charge in [0.05, 0.1) is 0 Å². The van der Waals surface area contributed by atoms with E-state index in [1.807, 2.05) is 11.8 Å². The number of thiocarbonyl (C=S) groups is 1. The molecule has 21 heavy (non-hydrogen) atoms. The van der Waals surface area contributed by atoms with Crippen molar-refractivity contribution in [2.24, 2.45) is 11.7 Å². The van der Waals surface area contributed by atoms with E-state index in [4.69, 9.17) is 18.0 Å². The van der Waals surface area contributed by atoms with Crippen molar-refractivity contribution in [3.05, 3.63) is 23.8 Å². The van der Waals surface area contributed by atoms with Gasteiger partial charge in [0.1, 0.15) is 4.99 Å². The van der Waals surface area contributed by atoms with Crippen LogP contribution in [0.5, 0.6) is 0 Å². The van der Waals surface area contributed by atoms with Gasteiger partial charge in [-0.05, 0) is 30.7 Å². The van der Waals surface area contributed by atoms with Gasteiger partial charge in [0.25, 0.3) is 0 Å². The molecule has 1 aromatic carbocycles. The number of anilines is 1. The number of hydrogen-bond donors (Lipinski definition) is 1. The fourth-order valence-corrected chi connectivity index (χ4v) is 3.69. The van der Waals surface area contributed by atoms with Crippen LogP contribution in [-0.4, -0.2) is 23.8 Å². The molecule has 0 aliphatic heterocycles. The summed E-state index contributed by atoms with van der Waals surface area (Å²) >= 11 is 7.14. The molecule has 2 nitrogen and oxygen atoms in total. The monoisotopic (exact) mass is 324 g/mol. The largest absolute Gasteiger partial charge is 0.389 e. The number of nitrogens with two attached hydrogens (primary N) is 1. The minimum absolute atomic E-state index is 0.504. The maximum Gasteiger partial charge on any atom is 0.107 e. The molecule has 0 fully saturated rings. The van der Waals surface area contributed by atoms with Gasteiger partial charge >= 0.3 is 0 Å². The standard InChI is InChI=1S/C17H28N2S2/c1-5-13(6-2)12-19(7-3)14-10-9-11-15(21-8-4)16(14)17(18)20/h9-11,13H,5-8,12H2,1-4H3,(H2,18,20). The normalized spacial score (nSPS) is 10.9. The summed E-state index contributed by atoms with van der Waals surface area (Å²) in [7, 11) is 0. The molecule has 4 heteroatoms. The van der Waals surface area contributed by atoms with Crippen LogP contribution in [0.1, 0.15) is 46.1 Å². The Morgan fingerprint density at radius 3 is 2.38 bits per heavy atom. The SMILES string of the molecule is CCSc1cccc(N(CC)CC(CC)CC)c1C(N)=S. The predicted molar refractivity (Wildman–Crippen MR) is 101 cm³/mol. The fourth-order valence-electron chi connectivity index (χ4n) is 2.56. The molecule has 0 amide bonds. The van der Waals surface area contributed by atoms with Crippen molar-refractivity contribution in [3.8, 4) is 0 Å². The van der Waals surface area contributed by atoms with Crippen molar-refractivity contribution in [1.82, 2.24) is 0 Å². The lowest BCUT2D eigenvalue weighted by Gasteiger charge is -2.30. The van der Waals surface area contributed by atoms with Gasteiger partial charge < -0.3 is 10.6 Å². The van der Waals surface area contributed by atoms with Crippen LogP contribution in [0.3, 0.4) is 0 Å². The Morgan fingerprint density at radius 2 is 1.90 bits per heavy atom. The zero-order chi connectivity index (χ0) is 15.8. The van der Waals surface area contributed by atoms with Crippen molar-refractivity contribution in [3.63, 3.8) is 0 Å². The van der Waals surface area contributed by atoms with Crippen molar-refractivity contribution in [1.29, 1.82) is 0 Å².